The number of rotatable bonds is 3. The Morgan fingerprint density at radius 3 is 2.79 bits per heavy atom. The summed E-state index contributed by atoms with van der Waals surface area (Å²) in [4.78, 5) is 18.6. The number of benzene rings is 1. The number of hydrogen-bond donors (Lipinski definition) is 3. The van der Waals surface area contributed by atoms with Gasteiger partial charge < -0.3 is 15.4 Å². The first-order chi connectivity index (χ1) is 14.1. The molecular formula is C20H20IN5O2S. The van der Waals surface area contributed by atoms with Crippen molar-refractivity contribution in [3.63, 3.8) is 0 Å². The molecule has 2 aliphatic rings. The van der Waals surface area contributed by atoms with Crippen LogP contribution in [0.25, 0.3) is 17.0 Å². The molecule has 1 aromatic heterocycles. The van der Waals surface area contributed by atoms with Crippen LogP contribution in [-0.4, -0.2) is 40.2 Å². The summed E-state index contributed by atoms with van der Waals surface area (Å²) in [6, 6.07) is 7.75. The highest BCUT2D eigenvalue weighted by Crippen LogP contribution is 2.32. The maximum atomic E-state index is 11.9. The number of pyridine rings is 1. The average Bonchev–Trinajstić information content (AvgIpc) is 3.07. The highest BCUT2D eigenvalue weighted by atomic mass is 127. The number of carbonyl (C=O) groups is 1. The molecule has 2 aromatic rings. The number of alkyl halides is 1. The summed E-state index contributed by atoms with van der Waals surface area (Å²) in [5, 5.41) is 23.7. The van der Waals surface area contributed by atoms with Crippen LogP contribution in [0.4, 0.5) is 0 Å². The maximum absolute atomic E-state index is 11.9. The van der Waals surface area contributed by atoms with Crippen LogP contribution in [0.15, 0.2) is 29.3 Å². The first-order valence-corrected chi connectivity index (χ1v) is 12.0. The number of ether oxygens (including phenoxy) is 1. The van der Waals surface area contributed by atoms with Crippen molar-refractivity contribution in [2.45, 2.75) is 18.9 Å². The Bertz CT molecular complexity index is 1010. The fourth-order valence-corrected chi connectivity index (χ4v) is 3.86. The summed E-state index contributed by atoms with van der Waals surface area (Å²) in [5.41, 5.74) is 1.93. The minimum Gasteiger partial charge on any atom is -0.488 e. The van der Waals surface area contributed by atoms with Crippen LogP contribution in [0.1, 0.15) is 24.0 Å². The lowest BCUT2D eigenvalue weighted by molar-refractivity contribution is -0.115. The van der Waals surface area contributed by atoms with Crippen LogP contribution in [0.2, 0.25) is 0 Å². The van der Waals surface area contributed by atoms with Crippen LogP contribution < -0.4 is 15.4 Å². The summed E-state index contributed by atoms with van der Waals surface area (Å²) >= 11 is 3.24. The van der Waals surface area contributed by atoms with Gasteiger partial charge in [-0.3, -0.25) is 15.2 Å². The number of piperidine rings is 1. The molecule has 0 bridgehead atoms. The molecule has 7 nitrogen and oxygen atoms in total. The summed E-state index contributed by atoms with van der Waals surface area (Å²) in [6.07, 6.45) is 5.10. The number of nitriles is 1. The van der Waals surface area contributed by atoms with Gasteiger partial charge in [-0.25, -0.2) is 0 Å². The van der Waals surface area contributed by atoms with E-state index in [2.05, 4.69) is 44.3 Å². The molecule has 9 heteroatoms. The van der Waals surface area contributed by atoms with Crippen LogP contribution in [0.3, 0.4) is 0 Å². The van der Waals surface area contributed by atoms with Gasteiger partial charge in [0.05, 0.1) is 10.4 Å². The lowest BCUT2D eigenvalue weighted by Crippen LogP contribution is -2.34. The number of amides is 1. The fourth-order valence-electron chi connectivity index (χ4n) is 3.16. The standard InChI is InChI=1S/C19H17N5O2S.CH3I/c20-9-12-10-23-15-2-1-11(8-16-18(25)24-19(21)27-16)7-14(15)17(12)26-13-3-5-22-6-4-13;1-2/h1-2,7-8,10,13,22H,3-6H2,(H2,21,24,25);1H3/b16-8-;. The van der Waals surface area contributed by atoms with Gasteiger partial charge in [0.15, 0.2) is 5.17 Å². The minimum atomic E-state index is -0.278. The number of nitrogens with zero attached hydrogens (tertiary/aromatic N) is 2. The second kappa shape index (κ2) is 10.0. The molecule has 0 aliphatic carbocycles. The van der Waals surface area contributed by atoms with Gasteiger partial charge in [-0.1, -0.05) is 28.7 Å². The van der Waals surface area contributed by atoms with Crippen LogP contribution in [0.5, 0.6) is 5.75 Å². The van der Waals surface area contributed by atoms with Crippen molar-refractivity contribution in [2.75, 3.05) is 18.0 Å². The molecule has 29 heavy (non-hydrogen) atoms. The first kappa shape index (κ1) is 21.5. The second-order valence-electron chi connectivity index (χ2n) is 6.35. The molecule has 0 atom stereocenters. The fraction of sp³-hybridized carbons (Fsp3) is 0.300. The predicted molar refractivity (Wildman–Crippen MR) is 124 cm³/mol. The number of aromatic nitrogens is 1. The Balaban J connectivity index is 0.00000117. The van der Waals surface area contributed by atoms with E-state index in [1.54, 1.807) is 12.3 Å². The predicted octanol–water partition coefficient (Wildman–Crippen LogP) is 3.43. The summed E-state index contributed by atoms with van der Waals surface area (Å²) in [7, 11) is 0. The summed E-state index contributed by atoms with van der Waals surface area (Å²) < 4.78 is 6.21. The molecule has 150 valence electrons. The number of amidine groups is 1. The van der Waals surface area contributed by atoms with E-state index in [-0.39, 0.29) is 17.2 Å². The normalized spacial score (nSPS) is 18.2. The van der Waals surface area contributed by atoms with E-state index in [1.165, 1.54) is 0 Å². The van der Waals surface area contributed by atoms with Gasteiger partial charge in [-0.2, -0.15) is 5.26 Å². The maximum Gasteiger partial charge on any atom is 0.264 e. The molecule has 3 N–H and O–H groups in total. The Morgan fingerprint density at radius 2 is 2.14 bits per heavy atom. The number of halogens is 1. The Labute approximate surface area is 186 Å². The first-order valence-electron chi connectivity index (χ1n) is 9.01. The lowest BCUT2D eigenvalue weighted by Gasteiger charge is -2.25. The van der Waals surface area contributed by atoms with Crippen LogP contribution in [0, 0.1) is 16.7 Å². The zero-order chi connectivity index (χ0) is 20.8. The van der Waals surface area contributed by atoms with Crippen molar-refractivity contribution < 1.29 is 9.53 Å². The van der Waals surface area contributed by atoms with Gasteiger partial charge in [-0.05, 0) is 66.4 Å². The third-order valence-electron chi connectivity index (χ3n) is 4.49. The Hall–Kier alpha value is -2.16. The van der Waals surface area contributed by atoms with Gasteiger partial charge in [0.1, 0.15) is 23.5 Å². The number of thioether (sulfide) groups is 1. The van der Waals surface area contributed by atoms with E-state index in [1.807, 2.05) is 23.1 Å². The third kappa shape index (κ3) is 5.07. The van der Waals surface area contributed by atoms with E-state index in [9.17, 15) is 10.1 Å². The molecule has 3 heterocycles. The molecule has 0 radical (unpaired) electrons. The number of fused-ring (bicyclic) bond motifs is 1. The molecule has 2 saturated heterocycles. The molecule has 0 saturated carbocycles. The van der Waals surface area contributed by atoms with E-state index >= 15 is 0 Å². The summed E-state index contributed by atoms with van der Waals surface area (Å²) in [6.45, 7) is 1.79. The van der Waals surface area contributed by atoms with E-state index in [4.69, 9.17) is 10.1 Å². The molecule has 0 spiro atoms. The van der Waals surface area contributed by atoms with E-state index in [0.29, 0.717) is 16.2 Å². The van der Waals surface area contributed by atoms with Crippen molar-refractivity contribution >= 4 is 62.4 Å². The zero-order valence-corrected chi connectivity index (χ0v) is 18.8. The van der Waals surface area contributed by atoms with Gasteiger partial charge in [-0.15, -0.1) is 0 Å². The highest BCUT2D eigenvalue weighted by Gasteiger charge is 2.23. The third-order valence-corrected chi connectivity index (χ3v) is 5.32. The number of carbonyl (C=O) groups excluding carboxylic acids is 1. The lowest BCUT2D eigenvalue weighted by atomic mass is 10.1. The Kier molecular flexibility index (Phi) is 7.46. The largest absolute Gasteiger partial charge is 0.488 e. The second-order valence-corrected chi connectivity index (χ2v) is 7.40. The van der Waals surface area contributed by atoms with Gasteiger partial charge in [0.2, 0.25) is 0 Å². The molecule has 2 aliphatic heterocycles. The van der Waals surface area contributed by atoms with E-state index in [0.717, 1.165) is 54.2 Å². The average molecular weight is 521 g/mol. The SMILES string of the molecule is CI.N#Cc1cnc2ccc(/C=C3\SC(=N)NC3=O)cc2c1OC1CCNCC1. The van der Waals surface area contributed by atoms with Gasteiger partial charge in [0.25, 0.3) is 5.91 Å². The monoisotopic (exact) mass is 521 g/mol. The zero-order valence-electron chi connectivity index (χ0n) is 15.8. The van der Waals surface area contributed by atoms with Crippen molar-refractivity contribution in [1.29, 1.82) is 10.7 Å². The van der Waals surface area contributed by atoms with Gasteiger partial charge in [0, 0.05) is 11.6 Å². The minimum absolute atomic E-state index is 0.0580. The number of nitrogens with one attached hydrogen (secondary N) is 3. The van der Waals surface area contributed by atoms with Crippen molar-refractivity contribution in [3.8, 4) is 11.8 Å². The van der Waals surface area contributed by atoms with Crippen molar-refractivity contribution in [3.05, 3.63) is 40.4 Å². The van der Waals surface area contributed by atoms with Gasteiger partial charge >= 0.3 is 0 Å². The Morgan fingerprint density at radius 1 is 1.38 bits per heavy atom. The van der Waals surface area contributed by atoms with Crippen molar-refractivity contribution in [2.24, 2.45) is 0 Å². The summed E-state index contributed by atoms with van der Waals surface area (Å²) in [5.74, 6) is 0.270. The smallest absolute Gasteiger partial charge is 0.264 e. The van der Waals surface area contributed by atoms with Crippen LogP contribution in [-0.2, 0) is 4.79 Å². The number of hydrogen-bond acceptors (Lipinski definition) is 7. The molecular weight excluding hydrogens is 501 g/mol. The van der Waals surface area contributed by atoms with E-state index < -0.39 is 0 Å². The van der Waals surface area contributed by atoms with Crippen molar-refractivity contribution in [1.82, 2.24) is 15.6 Å². The molecule has 2 fully saturated rings. The molecule has 1 aromatic carbocycles. The highest BCUT2D eigenvalue weighted by molar-refractivity contribution is 14.1. The topological polar surface area (TPSA) is 111 Å². The molecule has 4 rings (SSSR count). The quantitative estimate of drug-likeness (QED) is 0.325. The van der Waals surface area contributed by atoms with Crippen LogP contribution >= 0.6 is 34.4 Å². The molecule has 0 unspecified atom stereocenters. The molecule has 1 amide bonds.